The lowest BCUT2D eigenvalue weighted by molar-refractivity contribution is 0.0524. The molecule has 1 unspecified atom stereocenters. The first-order chi connectivity index (χ1) is 10.2. The largest absolute Gasteiger partial charge is 0.384 e. The first-order valence-corrected chi connectivity index (χ1v) is 6.75. The van der Waals surface area contributed by atoms with E-state index in [4.69, 9.17) is 9.84 Å². The van der Waals surface area contributed by atoms with E-state index in [1.54, 1.807) is 6.07 Å². The Hall–Kier alpha value is -2.15. The Labute approximate surface area is 124 Å². The summed E-state index contributed by atoms with van der Waals surface area (Å²) in [6.07, 6.45) is -0.0681. The summed E-state index contributed by atoms with van der Waals surface area (Å²) in [7, 11) is 0. The maximum Gasteiger partial charge on any atom is 0.124 e. The van der Waals surface area contributed by atoms with Gasteiger partial charge in [0.1, 0.15) is 12.4 Å². The number of aliphatic hydroxyl groups is 1. The van der Waals surface area contributed by atoms with Crippen LogP contribution in [0.25, 0.3) is 0 Å². The standard InChI is InChI=1S/C18H17FO2/c1-14(17-7-3-2-4-8-17)21-13-16-10-15(6-5-9-20)11-18(19)12-16/h2-4,7-8,10-12,14,20H,9,13H2,1H3. The average Bonchev–Trinajstić information content (AvgIpc) is 2.51. The second-order valence-corrected chi connectivity index (χ2v) is 4.67. The Morgan fingerprint density at radius 1 is 1.19 bits per heavy atom. The van der Waals surface area contributed by atoms with E-state index in [2.05, 4.69) is 11.8 Å². The maximum atomic E-state index is 13.5. The van der Waals surface area contributed by atoms with Crippen molar-refractivity contribution in [3.05, 3.63) is 71.0 Å². The third-order valence-corrected chi connectivity index (χ3v) is 3.04. The number of benzene rings is 2. The van der Waals surface area contributed by atoms with E-state index in [9.17, 15) is 4.39 Å². The van der Waals surface area contributed by atoms with E-state index in [1.165, 1.54) is 12.1 Å². The first-order valence-electron chi connectivity index (χ1n) is 6.75. The SMILES string of the molecule is CC(OCc1cc(F)cc(C#CCO)c1)c1ccccc1. The third kappa shape index (κ3) is 4.71. The summed E-state index contributed by atoms with van der Waals surface area (Å²) in [6, 6.07) is 14.4. The summed E-state index contributed by atoms with van der Waals surface area (Å²) >= 11 is 0. The highest BCUT2D eigenvalue weighted by molar-refractivity contribution is 5.37. The molecule has 2 aromatic carbocycles. The van der Waals surface area contributed by atoms with Gasteiger partial charge in [0.25, 0.3) is 0 Å². The zero-order chi connectivity index (χ0) is 15.1. The van der Waals surface area contributed by atoms with Crippen molar-refractivity contribution in [3.63, 3.8) is 0 Å². The van der Waals surface area contributed by atoms with Crippen molar-refractivity contribution in [1.82, 2.24) is 0 Å². The summed E-state index contributed by atoms with van der Waals surface area (Å²) in [6.45, 7) is 2.02. The van der Waals surface area contributed by atoms with E-state index < -0.39 is 0 Å². The molecule has 0 aliphatic rings. The molecule has 2 rings (SSSR count). The minimum atomic E-state index is -0.356. The Morgan fingerprint density at radius 3 is 2.67 bits per heavy atom. The van der Waals surface area contributed by atoms with Crippen LogP contribution in [-0.2, 0) is 11.3 Å². The average molecular weight is 284 g/mol. The van der Waals surface area contributed by atoms with Crippen LogP contribution in [0.3, 0.4) is 0 Å². The topological polar surface area (TPSA) is 29.5 Å². The molecule has 0 aliphatic carbocycles. The minimum absolute atomic E-state index is 0.0681. The molecule has 0 amide bonds. The quantitative estimate of drug-likeness (QED) is 0.871. The van der Waals surface area contributed by atoms with Crippen LogP contribution in [0.2, 0.25) is 0 Å². The molecule has 3 heteroatoms. The van der Waals surface area contributed by atoms with E-state index in [-0.39, 0.29) is 18.5 Å². The molecule has 0 saturated heterocycles. The summed E-state index contributed by atoms with van der Waals surface area (Å²) in [5.41, 5.74) is 2.34. The van der Waals surface area contributed by atoms with Gasteiger partial charge in [-0.15, -0.1) is 0 Å². The molecule has 2 aromatic rings. The number of hydrogen-bond donors (Lipinski definition) is 1. The van der Waals surface area contributed by atoms with E-state index in [1.807, 2.05) is 37.3 Å². The van der Waals surface area contributed by atoms with Gasteiger partial charge in [0.15, 0.2) is 0 Å². The van der Waals surface area contributed by atoms with Crippen molar-refractivity contribution in [2.24, 2.45) is 0 Å². The molecule has 1 atom stereocenters. The molecule has 0 radical (unpaired) electrons. The highest BCUT2D eigenvalue weighted by Crippen LogP contribution is 2.19. The van der Waals surface area contributed by atoms with Gasteiger partial charge < -0.3 is 9.84 Å². The predicted octanol–water partition coefficient (Wildman–Crippen LogP) is 3.45. The lowest BCUT2D eigenvalue weighted by Crippen LogP contribution is -2.01. The van der Waals surface area contributed by atoms with Crippen molar-refractivity contribution in [2.75, 3.05) is 6.61 Å². The molecule has 0 heterocycles. The molecule has 0 aliphatic heterocycles. The van der Waals surface area contributed by atoms with E-state index in [0.717, 1.165) is 11.1 Å². The predicted molar refractivity (Wildman–Crippen MR) is 80.0 cm³/mol. The van der Waals surface area contributed by atoms with Crippen molar-refractivity contribution >= 4 is 0 Å². The van der Waals surface area contributed by atoms with Gasteiger partial charge in [0.2, 0.25) is 0 Å². The first kappa shape index (κ1) is 15.2. The van der Waals surface area contributed by atoms with E-state index in [0.29, 0.717) is 12.2 Å². The van der Waals surface area contributed by atoms with Gasteiger partial charge in [0.05, 0.1) is 12.7 Å². The van der Waals surface area contributed by atoms with Crippen LogP contribution in [0, 0.1) is 17.7 Å². The van der Waals surface area contributed by atoms with Crippen LogP contribution >= 0.6 is 0 Å². The van der Waals surface area contributed by atoms with Gasteiger partial charge in [-0.3, -0.25) is 0 Å². The Balaban J connectivity index is 2.04. The smallest absolute Gasteiger partial charge is 0.124 e. The Morgan fingerprint density at radius 2 is 1.95 bits per heavy atom. The highest BCUT2D eigenvalue weighted by atomic mass is 19.1. The van der Waals surface area contributed by atoms with Gasteiger partial charge in [0, 0.05) is 5.56 Å². The molecule has 0 saturated carbocycles. The van der Waals surface area contributed by atoms with Crippen molar-refractivity contribution in [3.8, 4) is 11.8 Å². The molecule has 0 aromatic heterocycles. The Kier molecular flexibility index (Phi) is 5.51. The van der Waals surface area contributed by atoms with E-state index >= 15 is 0 Å². The molecule has 1 N–H and O–H groups in total. The van der Waals surface area contributed by atoms with Crippen LogP contribution in [0.15, 0.2) is 48.5 Å². The van der Waals surface area contributed by atoms with Gasteiger partial charge >= 0.3 is 0 Å². The van der Waals surface area contributed by atoms with Crippen LogP contribution in [-0.4, -0.2) is 11.7 Å². The van der Waals surface area contributed by atoms with Crippen molar-refractivity contribution in [1.29, 1.82) is 0 Å². The molecular weight excluding hydrogens is 267 g/mol. The fourth-order valence-electron chi connectivity index (χ4n) is 1.99. The monoisotopic (exact) mass is 284 g/mol. The number of halogens is 1. The second-order valence-electron chi connectivity index (χ2n) is 4.67. The maximum absolute atomic E-state index is 13.5. The fraction of sp³-hybridized carbons (Fsp3) is 0.222. The van der Waals surface area contributed by atoms with Gasteiger partial charge in [-0.25, -0.2) is 4.39 Å². The minimum Gasteiger partial charge on any atom is -0.384 e. The molecule has 0 fully saturated rings. The third-order valence-electron chi connectivity index (χ3n) is 3.04. The molecular formula is C18H17FO2. The summed E-state index contributed by atoms with van der Waals surface area (Å²) < 4.78 is 19.3. The second kappa shape index (κ2) is 7.58. The number of ether oxygens (including phenoxy) is 1. The Bertz CT molecular complexity index is 641. The lowest BCUT2D eigenvalue weighted by atomic mass is 10.1. The molecule has 21 heavy (non-hydrogen) atoms. The zero-order valence-corrected chi connectivity index (χ0v) is 11.8. The summed E-state index contributed by atoms with van der Waals surface area (Å²) in [4.78, 5) is 0. The molecule has 2 nitrogen and oxygen atoms in total. The van der Waals surface area contributed by atoms with Crippen LogP contribution in [0.5, 0.6) is 0 Å². The fourth-order valence-corrected chi connectivity index (χ4v) is 1.99. The van der Waals surface area contributed by atoms with Gasteiger partial charge in [-0.05, 0) is 36.2 Å². The number of hydrogen-bond acceptors (Lipinski definition) is 2. The van der Waals surface area contributed by atoms with Crippen molar-refractivity contribution < 1.29 is 14.2 Å². The molecule has 108 valence electrons. The van der Waals surface area contributed by atoms with Gasteiger partial charge in [-0.1, -0.05) is 42.2 Å². The highest BCUT2D eigenvalue weighted by Gasteiger charge is 2.06. The molecule has 0 spiro atoms. The zero-order valence-electron chi connectivity index (χ0n) is 11.8. The normalized spacial score (nSPS) is 11.6. The number of aliphatic hydroxyl groups excluding tert-OH is 1. The lowest BCUT2D eigenvalue weighted by Gasteiger charge is -2.13. The molecule has 0 bridgehead atoms. The van der Waals surface area contributed by atoms with Crippen LogP contribution in [0.1, 0.15) is 29.7 Å². The van der Waals surface area contributed by atoms with Gasteiger partial charge in [-0.2, -0.15) is 0 Å². The van der Waals surface area contributed by atoms with Crippen LogP contribution < -0.4 is 0 Å². The summed E-state index contributed by atoms with van der Waals surface area (Å²) in [5, 5.41) is 8.68. The van der Waals surface area contributed by atoms with Crippen molar-refractivity contribution in [2.45, 2.75) is 19.6 Å². The number of rotatable bonds is 4. The van der Waals surface area contributed by atoms with Crippen LogP contribution in [0.4, 0.5) is 4.39 Å². The summed E-state index contributed by atoms with van der Waals surface area (Å²) in [5.74, 6) is 4.85.